The van der Waals surface area contributed by atoms with Gasteiger partial charge in [0, 0.05) is 6.20 Å². The number of aromatic nitrogens is 2. The molecule has 27 heavy (non-hydrogen) atoms. The fourth-order valence-corrected chi connectivity index (χ4v) is 2.69. The van der Waals surface area contributed by atoms with Crippen LogP contribution in [0, 0.1) is 13.8 Å². The van der Waals surface area contributed by atoms with E-state index in [0.29, 0.717) is 22.2 Å². The fraction of sp³-hybridized carbons (Fsp3) is 0.200. The highest BCUT2D eigenvalue weighted by atomic mass is 35.5. The van der Waals surface area contributed by atoms with E-state index in [2.05, 4.69) is 10.4 Å². The zero-order valence-corrected chi connectivity index (χ0v) is 16.1. The van der Waals surface area contributed by atoms with Crippen molar-refractivity contribution in [2.75, 3.05) is 12.4 Å². The summed E-state index contributed by atoms with van der Waals surface area (Å²) in [5, 5.41) is 7.59. The molecule has 140 valence electrons. The highest BCUT2D eigenvalue weighted by Crippen LogP contribution is 2.26. The number of methoxy groups -OCH3 is 1. The first-order valence-corrected chi connectivity index (χ1v) is 8.72. The SMILES string of the molecule is COc1ccc(C)cc1NC(=O)c1ccn(COc2cc(C)ccc2Cl)n1. The largest absolute Gasteiger partial charge is 0.495 e. The maximum atomic E-state index is 12.5. The summed E-state index contributed by atoms with van der Waals surface area (Å²) in [5.41, 5.74) is 2.93. The Morgan fingerprint density at radius 1 is 1.11 bits per heavy atom. The van der Waals surface area contributed by atoms with Crippen molar-refractivity contribution in [3.8, 4) is 11.5 Å². The molecule has 0 aliphatic heterocycles. The van der Waals surface area contributed by atoms with Crippen molar-refractivity contribution in [1.29, 1.82) is 0 Å². The minimum Gasteiger partial charge on any atom is -0.495 e. The number of hydrogen-bond acceptors (Lipinski definition) is 4. The molecule has 3 aromatic rings. The molecule has 0 fully saturated rings. The predicted octanol–water partition coefficient (Wildman–Crippen LogP) is 4.45. The van der Waals surface area contributed by atoms with E-state index in [0.717, 1.165) is 11.1 Å². The van der Waals surface area contributed by atoms with Gasteiger partial charge in [-0.1, -0.05) is 23.7 Å². The molecule has 0 aliphatic rings. The summed E-state index contributed by atoms with van der Waals surface area (Å²) in [5.74, 6) is 0.833. The number of ether oxygens (including phenoxy) is 2. The van der Waals surface area contributed by atoms with Crippen LogP contribution < -0.4 is 14.8 Å². The van der Waals surface area contributed by atoms with E-state index in [4.69, 9.17) is 21.1 Å². The molecule has 0 saturated heterocycles. The van der Waals surface area contributed by atoms with Gasteiger partial charge in [-0.05, 0) is 55.3 Å². The van der Waals surface area contributed by atoms with Gasteiger partial charge >= 0.3 is 0 Å². The van der Waals surface area contributed by atoms with Gasteiger partial charge in [-0.25, -0.2) is 4.68 Å². The molecule has 1 N–H and O–H groups in total. The summed E-state index contributed by atoms with van der Waals surface area (Å²) in [6, 6.07) is 12.7. The second kappa shape index (κ2) is 8.14. The molecule has 1 amide bonds. The molecule has 0 spiro atoms. The minimum atomic E-state index is -0.328. The Kier molecular flexibility index (Phi) is 5.66. The van der Waals surface area contributed by atoms with Crippen LogP contribution in [0.4, 0.5) is 5.69 Å². The van der Waals surface area contributed by atoms with Crippen LogP contribution in [0.15, 0.2) is 48.7 Å². The van der Waals surface area contributed by atoms with Crippen LogP contribution in [0.5, 0.6) is 11.5 Å². The monoisotopic (exact) mass is 385 g/mol. The highest BCUT2D eigenvalue weighted by Gasteiger charge is 2.13. The van der Waals surface area contributed by atoms with Gasteiger partial charge in [-0.3, -0.25) is 4.79 Å². The van der Waals surface area contributed by atoms with E-state index < -0.39 is 0 Å². The predicted molar refractivity (Wildman–Crippen MR) is 105 cm³/mol. The van der Waals surface area contributed by atoms with Crippen molar-refractivity contribution in [2.24, 2.45) is 0 Å². The number of benzene rings is 2. The van der Waals surface area contributed by atoms with Crippen LogP contribution in [0.1, 0.15) is 21.6 Å². The molecular weight excluding hydrogens is 366 g/mol. The third-order valence-corrected chi connectivity index (χ3v) is 4.23. The molecule has 1 aromatic heterocycles. The number of anilines is 1. The lowest BCUT2D eigenvalue weighted by molar-refractivity contribution is 0.102. The molecule has 3 rings (SSSR count). The van der Waals surface area contributed by atoms with Gasteiger partial charge in [0.1, 0.15) is 11.5 Å². The van der Waals surface area contributed by atoms with E-state index in [1.165, 1.54) is 4.68 Å². The van der Waals surface area contributed by atoms with Crippen molar-refractivity contribution in [2.45, 2.75) is 20.6 Å². The smallest absolute Gasteiger partial charge is 0.276 e. The number of halogens is 1. The molecular formula is C20H20ClN3O3. The molecule has 0 atom stereocenters. The maximum absolute atomic E-state index is 12.5. The average Bonchev–Trinajstić information content (AvgIpc) is 3.12. The van der Waals surface area contributed by atoms with E-state index in [-0.39, 0.29) is 18.3 Å². The molecule has 2 aromatic carbocycles. The van der Waals surface area contributed by atoms with Crippen molar-refractivity contribution in [3.05, 3.63) is 70.5 Å². The van der Waals surface area contributed by atoms with Crippen molar-refractivity contribution >= 4 is 23.2 Å². The van der Waals surface area contributed by atoms with Gasteiger partial charge in [0.05, 0.1) is 17.8 Å². The molecule has 0 aliphatic carbocycles. The topological polar surface area (TPSA) is 65.4 Å². The van der Waals surface area contributed by atoms with Crippen LogP contribution in [0.3, 0.4) is 0 Å². The average molecular weight is 386 g/mol. The Balaban J connectivity index is 1.67. The van der Waals surface area contributed by atoms with Gasteiger partial charge in [0.2, 0.25) is 0 Å². The van der Waals surface area contributed by atoms with E-state index in [1.54, 1.807) is 25.4 Å². The summed E-state index contributed by atoms with van der Waals surface area (Å²) in [6.07, 6.45) is 1.67. The van der Waals surface area contributed by atoms with Gasteiger partial charge in [0.25, 0.3) is 5.91 Å². The summed E-state index contributed by atoms with van der Waals surface area (Å²) in [7, 11) is 1.56. The Morgan fingerprint density at radius 3 is 2.63 bits per heavy atom. The molecule has 6 nitrogen and oxygen atoms in total. The van der Waals surface area contributed by atoms with Crippen LogP contribution in [0.2, 0.25) is 5.02 Å². The Morgan fingerprint density at radius 2 is 1.85 bits per heavy atom. The van der Waals surface area contributed by atoms with Crippen LogP contribution in [-0.2, 0) is 6.73 Å². The van der Waals surface area contributed by atoms with E-state index >= 15 is 0 Å². The number of nitrogens with zero attached hydrogens (tertiary/aromatic N) is 2. The number of carbonyl (C=O) groups excluding carboxylic acids is 1. The maximum Gasteiger partial charge on any atom is 0.276 e. The van der Waals surface area contributed by atoms with Gasteiger partial charge < -0.3 is 14.8 Å². The van der Waals surface area contributed by atoms with Gasteiger partial charge in [-0.15, -0.1) is 0 Å². The Bertz CT molecular complexity index is 969. The third kappa shape index (κ3) is 4.60. The minimum absolute atomic E-state index is 0.143. The number of carbonyl (C=O) groups is 1. The highest BCUT2D eigenvalue weighted by molar-refractivity contribution is 6.32. The molecule has 0 saturated carbocycles. The molecule has 1 heterocycles. The Hall–Kier alpha value is -2.99. The number of hydrogen-bond donors (Lipinski definition) is 1. The number of aryl methyl sites for hydroxylation is 2. The summed E-state index contributed by atoms with van der Waals surface area (Å²) in [4.78, 5) is 12.5. The van der Waals surface area contributed by atoms with Gasteiger partial charge in [-0.2, -0.15) is 5.10 Å². The first-order chi connectivity index (χ1) is 13.0. The second-order valence-corrected chi connectivity index (χ2v) is 6.51. The summed E-state index contributed by atoms with van der Waals surface area (Å²) < 4.78 is 12.5. The Labute approximate surface area is 162 Å². The third-order valence-electron chi connectivity index (χ3n) is 3.92. The van der Waals surface area contributed by atoms with E-state index in [1.807, 2.05) is 44.2 Å². The van der Waals surface area contributed by atoms with Crippen LogP contribution in [0.25, 0.3) is 0 Å². The zero-order valence-electron chi connectivity index (χ0n) is 15.3. The lowest BCUT2D eigenvalue weighted by Gasteiger charge is -2.10. The number of rotatable bonds is 6. The first kappa shape index (κ1) is 18.8. The quantitative estimate of drug-likeness (QED) is 0.680. The normalized spacial score (nSPS) is 10.5. The van der Waals surface area contributed by atoms with Crippen LogP contribution in [-0.4, -0.2) is 22.8 Å². The van der Waals surface area contributed by atoms with E-state index in [9.17, 15) is 4.79 Å². The summed E-state index contributed by atoms with van der Waals surface area (Å²) >= 11 is 6.12. The standard InChI is InChI=1S/C20H20ClN3O3/c1-13-5-7-18(26-3)17(10-13)22-20(25)16-8-9-24(23-16)12-27-19-11-14(2)4-6-15(19)21/h4-11H,12H2,1-3H3,(H,22,25). The number of nitrogens with one attached hydrogen (secondary N) is 1. The second-order valence-electron chi connectivity index (χ2n) is 6.11. The van der Waals surface area contributed by atoms with Crippen molar-refractivity contribution in [1.82, 2.24) is 9.78 Å². The lowest BCUT2D eigenvalue weighted by atomic mass is 10.2. The van der Waals surface area contributed by atoms with Crippen molar-refractivity contribution < 1.29 is 14.3 Å². The molecule has 0 unspecified atom stereocenters. The molecule has 0 radical (unpaired) electrons. The number of amides is 1. The fourth-order valence-electron chi connectivity index (χ4n) is 2.52. The van der Waals surface area contributed by atoms with Crippen LogP contribution >= 0.6 is 11.6 Å². The van der Waals surface area contributed by atoms with Gasteiger partial charge in [0.15, 0.2) is 12.4 Å². The first-order valence-electron chi connectivity index (χ1n) is 8.34. The summed E-state index contributed by atoms with van der Waals surface area (Å²) in [6.45, 7) is 4.04. The molecule has 7 heteroatoms. The zero-order chi connectivity index (χ0) is 19.4. The van der Waals surface area contributed by atoms with Crippen molar-refractivity contribution in [3.63, 3.8) is 0 Å². The lowest BCUT2D eigenvalue weighted by Crippen LogP contribution is -2.15. The molecule has 0 bridgehead atoms.